The molecule has 0 atom stereocenters. The van der Waals surface area contributed by atoms with Gasteiger partial charge >= 0.3 is 0 Å². The van der Waals surface area contributed by atoms with Gasteiger partial charge in [-0.05, 0) is 17.7 Å². The number of imidazole rings is 1. The molecule has 0 amide bonds. The van der Waals surface area contributed by atoms with E-state index in [1.165, 1.54) is 18.9 Å². The van der Waals surface area contributed by atoms with Gasteiger partial charge in [0.15, 0.2) is 0 Å². The van der Waals surface area contributed by atoms with E-state index in [-0.39, 0.29) is 30.2 Å². The lowest BCUT2D eigenvalue weighted by Crippen LogP contribution is -2.05. The fourth-order valence-corrected chi connectivity index (χ4v) is 3.66. The lowest BCUT2D eigenvalue weighted by Gasteiger charge is -2.14. The molecule has 2 aromatic heterocycles. The van der Waals surface area contributed by atoms with Crippen molar-refractivity contribution in [3.8, 4) is 34.9 Å². The molecule has 3 aromatic rings. The third-order valence-electron chi connectivity index (χ3n) is 4.15. The van der Waals surface area contributed by atoms with E-state index in [1.807, 2.05) is 0 Å². The van der Waals surface area contributed by atoms with Gasteiger partial charge in [0.2, 0.25) is 5.88 Å². The van der Waals surface area contributed by atoms with Gasteiger partial charge in [-0.15, -0.1) is 0 Å². The second-order valence-electron chi connectivity index (χ2n) is 5.98. The summed E-state index contributed by atoms with van der Waals surface area (Å²) >= 11 is 1.34. The normalized spacial score (nSPS) is 10.0. The summed E-state index contributed by atoms with van der Waals surface area (Å²) in [6.07, 6.45) is 3.27. The van der Waals surface area contributed by atoms with Crippen molar-refractivity contribution in [1.82, 2.24) is 15.0 Å². The van der Waals surface area contributed by atoms with Gasteiger partial charge in [-0.3, -0.25) is 4.79 Å². The number of methoxy groups -OCH3 is 1. The van der Waals surface area contributed by atoms with E-state index in [4.69, 9.17) is 9.47 Å². The third-order valence-corrected chi connectivity index (χ3v) is 5.17. The Morgan fingerprint density at radius 2 is 1.94 bits per heavy atom. The number of thioether (sulfide) groups is 1. The summed E-state index contributed by atoms with van der Waals surface area (Å²) < 4.78 is 15.4. The lowest BCUT2D eigenvalue weighted by molar-refractivity contribution is -0.129. The summed E-state index contributed by atoms with van der Waals surface area (Å²) in [6, 6.07) is 11.2. The largest absolute Gasteiger partial charge is 0.490 e. The molecule has 0 aliphatic rings. The van der Waals surface area contributed by atoms with Crippen molar-refractivity contribution < 1.29 is 19.0 Å². The average molecular weight is 435 g/mol. The van der Waals surface area contributed by atoms with Gasteiger partial charge in [0, 0.05) is 23.2 Å². The zero-order valence-corrected chi connectivity index (χ0v) is 17.3. The van der Waals surface area contributed by atoms with Crippen LogP contribution in [0.3, 0.4) is 0 Å². The number of pyridine rings is 1. The Kier molecular flexibility index (Phi) is 7.46. The standard InChI is InChI=1S/C21H17N5O4S/c1-28-20-17(8-22)19(14-2-4-16(5-3-14)30-7-6-29-13-27)18(9-23)21(26-20)31-11-15-10-24-12-25-15/h2-5,10,12-13H,6-7,11H2,1H3,(H,24,25). The first kappa shape index (κ1) is 21.7. The second-order valence-corrected chi connectivity index (χ2v) is 6.94. The Morgan fingerprint density at radius 3 is 2.55 bits per heavy atom. The van der Waals surface area contributed by atoms with Crippen LogP contribution in [-0.4, -0.2) is 41.7 Å². The van der Waals surface area contributed by atoms with E-state index >= 15 is 0 Å². The molecule has 10 heteroatoms. The molecule has 31 heavy (non-hydrogen) atoms. The summed E-state index contributed by atoms with van der Waals surface area (Å²) in [5, 5.41) is 20.1. The van der Waals surface area contributed by atoms with E-state index in [1.54, 1.807) is 36.8 Å². The summed E-state index contributed by atoms with van der Waals surface area (Å²) in [7, 11) is 1.43. The first-order valence-electron chi connectivity index (χ1n) is 9.02. The fourth-order valence-electron chi connectivity index (χ4n) is 2.77. The molecule has 0 radical (unpaired) electrons. The zero-order valence-electron chi connectivity index (χ0n) is 16.5. The number of H-pyrrole nitrogens is 1. The van der Waals surface area contributed by atoms with Crippen LogP contribution in [0, 0.1) is 22.7 Å². The van der Waals surface area contributed by atoms with Crippen molar-refractivity contribution in [1.29, 1.82) is 10.5 Å². The topological polar surface area (TPSA) is 134 Å². The number of nitriles is 2. The number of hydrogen-bond acceptors (Lipinski definition) is 9. The van der Waals surface area contributed by atoms with Gasteiger partial charge in [0.1, 0.15) is 41.7 Å². The van der Waals surface area contributed by atoms with E-state index in [0.717, 1.165) is 5.69 Å². The number of aromatic nitrogens is 3. The highest BCUT2D eigenvalue weighted by molar-refractivity contribution is 7.98. The monoisotopic (exact) mass is 435 g/mol. The van der Waals surface area contributed by atoms with Crippen LogP contribution in [0.1, 0.15) is 16.8 Å². The van der Waals surface area contributed by atoms with Crippen molar-refractivity contribution in [2.24, 2.45) is 0 Å². The van der Waals surface area contributed by atoms with Crippen molar-refractivity contribution in [2.45, 2.75) is 10.8 Å². The number of carbonyl (C=O) groups excluding carboxylic acids is 1. The summed E-state index contributed by atoms with van der Waals surface area (Å²) in [5.41, 5.74) is 2.43. The molecule has 0 spiro atoms. The molecule has 0 aliphatic carbocycles. The molecule has 2 heterocycles. The first-order valence-corrected chi connectivity index (χ1v) is 10.0. The van der Waals surface area contributed by atoms with E-state index in [0.29, 0.717) is 34.1 Å². The van der Waals surface area contributed by atoms with Crippen molar-refractivity contribution in [2.75, 3.05) is 20.3 Å². The maximum Gasteiger partial charge on any atom is 0.293 e. The number of nitrogens with zero attached hydrogens (tertiary/aromatic N) is 4. The van der Waals surface area contributed by atoms with E-state index < -0.39 is 0 Å². The minimum absolute atomic E-state index is 0.140. The Balaban J connectivity index is 1.97. The molecule has 0 aliphatic heterocycles. The number of aromatic amines is 1. The van der Waals surface area contributed by atoms with Crippen LogP contribution in [0.25, 0.3) is 11.1 Å². The molecule has 0 saturated heterocycles. The van der Waals surface area contributed by atoms with Crippen LogP contribution < -0.4 is 9.47 Å². The van der Waals surface area contributed by atoms with Gasteiger partial charge in [-0.25, -0.2) is 9.97 Å². The Labute approximate surface area is 182 Å². The Hall–Kier alpha value is -4.02. The summed E-state index contributed by atoms with van der Waals surface area (Å²) in [5.74, 6) is 1.23. The van der Waals surface area contributed by atoms with Crippen LogP contribution in [0.15, 0.2) is 41.8 Å². The molecule has 1 N–H and O–H groups in total. The highest BCUT2D eigenvalue weighted by Crippen LogP contribution is 2.38. The molecule has 9 nitrogen and oxygen atoms in total. The number of carbonyl (C=O) groups is 1. The highest BCUT2D eigenvalue weighted by Gasteiger charge is 2.22. The summed E-state index contributed by atoms with van der Waals surface area (Å²) in [6.45, 7) is 0.710. The Bertz CT molecular complexity index is 1120. The van der Waals surface area contributed by atoms with E-state index in [9.17, 15) is 15.3 Å². The second kappa shape index (κ2) is 10.7. The van der Waals surface area contributed by atoms with Crippen LogP contribution in [0.5, 0.6) is 11.6 Å². The van der Waals surface area contributed by atoms with Crippen LogP contribution in [-0.2, 0) is 15.3 Å². The van der Waals surface area contributed by atoms with Crippen LogP contribution in [0.2, 0.25) is 0 Å². The van der Waals surface area contributed by atoms with Gasteiger partial charge in [-0.1, -0.05) is 23.9 Å². The van der Waals surface area contributed by atoms with Crippen molar-refractivity contribution in [3.05, 3.63) is 53.6 Å². The predicted octanol–water partition coefficient (Wildman–Crippen LogP) is 3.07. The number of benzene rings is 1. The molecule has 0 unspecified atom stereocenters. The molecule has 0 fully saturated rings. The average Bonchev–Trinajstić information content (AvgIpc) is 3.33. The number of rotatable bonds is 10. The number of ether oxygens (including phenoxy) is 3. The maximum absolute atomic E-state index is 10.2. The Morgan fingerprint density at radius 1 is 1.16 bits per heavy atom. The van der Waals surface area contributed by atoms with Crippen LogP contribution in [0.4, 0.5) is 0 Å². The van der Waals surface area contributed by atoms with E-state index in [2.05, 4.69) is 31.8 Å². The van der Waals surface area contributed by atoms with Gasteiger partial charge in [0.05, 0.1) is 19.0 Å². The van der Waals surface area contributed by atoms with Gasteiger partial charge in [-0.2, -0.15) is 10.5 Å². The van der Waals surface area contributed by atoms with Gasteiger partial charge in [0.25, 0.3) is 6.47 Å². The number of hydrogen-bond donors (Lipinski definition) is 1. The summed E-state index contributed by atoms with van der Waals surface area (Å²) in [4.78, 5) is 21.6. The SMILES string of the molecule is COc1nc(SCc2cnc[nH]2)c(C#N)c(-c2ccc(OCCOC=O)cc2)c1C#N. The fraction of sp³-hybridized carbons (Fsp3) is 0.190. The molecule has 156 valence electrons. The molecule has 0 bridgehead atoms. The maximum atomic E-state index is 10.2. The third kappa shape index (κ3) is 5.13. The molecule has 0 saturated carbocycles. The predicted molar refractivity (Wildman–Crippen MR) is 111 cm³/mol. The quantitative estimate of drug-likeness (QED) is 0.289. The highest BCUT2D eigenvalue weighted by atomic mass is 32.2. The molecular weight excluding hydrogens is 418 g/mol. The number of nitrogens with one attached hydrogen (secondary N) is 1. The molecular formula is C21H17N5O4S. The molecule has 1 aromatic carbocycles. The first-order chi connectivity index (χ1) is 15.2. The smallest absolute Gasteiger partial charge is 0.293 e. The zero-order chi connectivity index (χ0) is 22.1. The van der Waals surface area contributed by atoms with Crippen LogP contribution >= 0.6 is 11.8 Å². The van der Waals surface area contributed by atoms with Crippen molar-refractivity contribution >= 4 is 18.2 Å². The minimum atomic E-state index is 0.140. The lowest BCUT2D eigenvalue weighted by atomic mass is 9.97. The van der Waals surface area contributed by atoms with Gasteiger partial charge < -0.3 is 19.2 Å². The molecule has 3 rings (SSSR count). The van der Waals surface area contributed by atoms with Crippen molar-refractivity contribution in [3.63, 3.8) is 0 Å². The minimum Gasteiger partial charge on any atom is -0.490 e.